The topological polar surface area (TPSA) is 74.7 Å². The number of carboxylic acids is 1. The Balaban J connectivity index is 1.71. The lowest BCUT2D eigenvalue weighted by Gasteiger charge is -2.36. The molecule has 2 unspecified atom stereocenters. The van der Waals surface area contributed by atoms with Gasteiger partial charge in [-0.1, -0.05) is 24.3 Å². The first-order chi connectivity index (χ1) is 11.6. The smallest absolute Gasteiger partial charge is 0.303 e. The Kier molecular flexibility index (Phi) is 4.97. The summed E-state index contributed by atoms with van der Waals surface area (Å²) in [5.41, 5.74) is 1.54. The van der Waals surface area contributed by atoms with Gasteiger partial charge in [0.15, 0.2) is 5.78 Å². The molecule has 0 aromatic heterocycles. The van der Waals surface area contributed by atoms with Crippen LogP contribution in [0.5, 0.6) is 0 Å². The Morgan fingerprint density at radius 3 is 2.79 bits per heavy atom. The second-order valence-electron chi connectivity index (χ2n) is 6.83. The molecule has 0 spiro atoms. The normalized spacial score (nSPS) is 23.7. The van der Waals surface area contributed by atoms with Crippen molar-refractivity contribution in [3.63, 3.8) is 0 Å². The number of carbonyl (C=O) groups excluding carboxylic acids is 2. The molecule has 1 aliphatic heterocycles. The summed E-state index contributed by atoms with van der Waals surface area (Å²) in [5, 5.41) is 8.84. The number of rotatable bonds is 4. The second kappa shape index (κ2) is 7.16. The molecule has 24 heavy (non-hydrogen) atoms. The minimum atomic E-state index is -0.779. The van der Waals surface area contributed by atoms with E-state index >= 15 is 0 Å². The van der Waals surface area contributed by atoms with Crippen LogP contribution in [0.3, 0.4) is 0 Å². The molecular formula is C19H23NO4. The van der Waals surface area contributed by atoms with Gasteiger partial charge < -0.3 is 10.0 Å². The van der Waals surface area contributed by atoms with Gasteiger partial charge in [-0.15, -0.1) is 0 Å². The van der Waals surface area contributed by atoms with Crippen LogP contribution in [0, 0.1) is 5.92 Å². The Morgan fingerprint density at radius 2 is 2.00 bits per heavy atom. The summed E-state index contributed by atoms with van der Waals surface area (Å²) in [6, 6.07) is 7.42. The maximum Gasteiger partial charge on any atom is 0.303 e. The van der Waals surface area contributed by atoms with E-state index in [1.165, 1.54) is 0 Å². The zero-order valence-corrected chi connectivity index (χ0v) is 13.7. The zero-order chi connectivity index (χ0) is 17.1. The molecule has 0 radical (unpaired) electrons. The summed E-state index contributed by atoms with van der Waals surface area (Å²) in [4.78, 5) is 37.7. The van der Waals surface area contributed by atoms with Gasteiger partial charge in [0.1, 0.15) is 0 Å². The van der Waals surface area contributed by atoms with Crippen LogP contribution in [0.4, 0.5) is 0 Å². The Bertz CT molecular complexity index is 655. The van der Waals surface area contributed by atoms with E-state index in [1.807, 2.05) is 29.2 Å². The number of hydrogen-bond acceptors (Lipinski definition) is 3. The van der Waals surface area contributed by atoms with Crippen molar-refractivity contribution in [2.75, 3.05) is 13.1 Å². The first kappa shape index (κ1) is 16.7. The third-order valence-electron chi connectivity index (χ3n) is 5.19. The standard InChI is InChI=1S/C19H23NO4/c21-17-9-8-16(14-5-1-2-6-15(14)17)19(24)20-11-3-4-13(12-20)7-10-18(22)23/h1-2,5-6,13,16H,3-4,7-12H2,(H,22,23). The van der Waals surface area contributed by atoms with Crippen molar-refractivity contribution < 1.29 is 19.5 Å². The van der Waals surface area contributed by atoms with Crippen molar-refractivity contribution in [3.05, 3.63) is 35.4 Å². The highest BCUT2D eigenvalue weighted by Gasteiger charge is 2.34. The summed E-state index contributed by atoms with van der Waals surface area (Å²) >= 11 is 0. The number of aliphatic carboxylic acids is 1. The number of carboxylic acid groups (broad SMARTS) is 1. The average molecular weight is 329 g/mol. The number of fused-ring (bicyclic) bond motifs is 1. The molecule has 1 amide bonds. The average Bonchev–Trinajstić information content (AvgIpc) is 2.60. The third kappa shape index (κ3) is 3.50. The van der Waals surface area contributed by atoms with Gasteiger partial charge in [0.2, 0.25) is 5.91 Å². The van der Waals surface area contributed by atoms with Gasteiger partial charge in [0, 0.05) is 31.5 Å². The minimum absolute atomic E-state index is 0.0926. The number of amides is 1. The van der Waals surface area contributed by atoms with Crippen molar-refractivity contribution in [3.8, 4) is 0 Å². The highest BCUT2D eigenvalue weighted by atomic mass is 16.4. The summed E-state index contributed by atoms with van der Waals surface area (Å²) in [6.07, 6.45) is 3.68. The third-order valence-corrected chi connectivity index (χ3v) is 5.19. The largest absolute Gasteiger partial charge is 0.481 e. The van der Waals surface area contributed by atoms with E-state index in [4.69, 9.17) is 5.11 Å². The van der Waals surface area contributed by atoms with Crippen LogP contribution in [0.15, 0.2) is 24.3 Å². The van der Waals surface area contributed by atoms with Crippen LogP contribution in [0.2, 0.25) is 0 Å². The van der Waals surface area contributed by atoms with Crippen molar-refractivity contribution in [1.82, 2.24) is 4.90 Å². The number of piperidine rings is 1. The lowest BCUT2D eigenvalue weighted by atomic mass is 9.80. The molecule has 128 valence electrons. The Labute approximate surface area is 141 Å². The molecule has 1 N–H and O–H groups in total. The number of hydrogen-bond donors (Lipinski definition) is 1. The molecule has 3 rings (SSSR count). The number of benzene rings is 1. The van der Waals surface area contributed by atoms with Crippen LogP contribution < -0.4 is 0 Å². The maximum atomic E-state index is 13.0. The fourth-order valence-corrected chi connectivity index (χ4v) is 3.93. The van der Waals surface area contributed by atoms with E-state index in [9.17, 15) is 14.4 Å². The Hall–Kier alpha value is -2.17. The highest BCUT2D eigenvalue weighted by Crippen LogP contribution is 2.34. The molecule has 1 saturated heterocycles. The van der Waals surface area contributed by atoms with Crippen LogP contribution in [-0.2, 0) is 9.59 Å². The van der Waals surface area contributed by atoms with Crippen molar-refractivity contribution in [2.45, 2.75) is 44.4 Å². The number of carbonyl (C=O) groups is 3. The van der Waals surface area contributed by atoms with Gasteiger partial charge in [-0.25, -0.2) is 0 Å². The molecule has 0 bridgehead atoms. The van der Waals surface area contributed by atoms with E-state index in [1.54, 1.807) is 0 Å². The van der Waals surface area contributed by atoms with Crippen LogP contribution in [0.1, 0.15) is 60.4 Å². The number of ketones is 1. The summed E-state index contributed by atoms with van der Waals surface area (Å²) in [6.45, 7) is 1.37. The highest BCUT2D eigenvalue weighted by molar-refractivity contribution is 6.01. The number of Topliss-reactive ketones (excluding diaryl/α,β-unsaturated/α-hetero) is 1. The van der Waals surface area contributed by atoms with Crippen molar-refractivity contribution >= 4 is 17.7 Å². The van der Waals surface area contributed by atoms with Crippen molar-refractivity contribution in [2.24, 2.45) is 5.92 Å². The lowest BCUT2D eigenvalue weighted by Crippen LogP contribution is -2.43. The van der Waals surface area contributed by atoms with Gasteiger partial charge in [-0.2, -0.15) is 0 Å². The van der Waals surface area contributed by atoms with E-state index in [0.717, 1.165) is 24.9 Å². The monoisotopic (exact) mass is 329 g/mol. The molecule has 2 aliphatic rings. The molecule has 1 aromatic carbocycles. The maximum absolute atomic E-state index is 13.0. The zero-order valence-electron chi connectivity index (χ0n) is 13.7. The van der Waals surface area contributed by atoms with E-state index in [0.29, 0.717) is 31.4 Å². The van der Waals surface area contributed by atoms with Crippen LogP contribution in [0.25, 0.3) is 0 Å². The van der Waals surface area contributed by atoms with E-state index in [-0.39, 0.29) is 29.9 Å². The second-order valence-corrected chi connectivity index (χ2v) is 6.83. The van der Waals surface area contributed by atoms with Gasteiger partial charge in [0.25, 0.3) is 0 Å². The lowest BCUT2D eigenvalue weighted by molar-refractivity contribution is -0.137. The fraction of sp³-hybridized carbons (Fsp3) is 0.526. The minimum Gasteiger partial charge on any atom is -0.481 e. The Morgan fingerprint density at radius 1 is 1.21 bits per heavy atom. The van der Waals surface area contributed by atoms with E-state index < -0.39 is 5.97 Å². The predicted molar refractivity (Wildman–Crippen MR) is 88.9 cm³/mol. The van der Waals surface area contributed by atoms with Gasteiger partial charge in [-0.05, 0) is 37.2 Å². The summed E-state index contributed by atoms with van der Waals surface area (Å²) < 4.78 is 0. The first-order valence-electron chi connectivity index (χ1n) is 8.69. The quantitative estimate of drug-likeness (QED) is 0.922. The van der Waals surface area contributed by atoms with Crippen molar-refractivity contribution in [1.29, 1.82) is 0 Å². The van der Waals surface area contributed by atoms with Crippen LogP contribution in [-0.4, -0.2) is 40.8 Å². The fourth-order valence-electron chi connectivity index (χ4n) is 3.93. The molecule has 1 aromatic rings. The SMILES string of the molecule is O=C(O)CCC1CCCN(C(=O)C2CCC(=O)c3ccccc32)C1. The molecule has 5 nitrogen and oxygen atoms in total. The molecule has 1 fully saturated rings. The van der Waals surface area contributed by atoms with Crippen LogP contribution >= 0.6 is 0 Å². The van der Waals surface area contributed by atoms with E-state index in [2.05, 4.69) is 0 Å². The molecular weight excluding hydrogens is 306 g/mol. The molecule has 1 heterocycles. The molecule has 0 saturated carbocycles. The summed E-state index contributed by atoms with van der Waals surface area (Å²) in [5.74, 6) is -0.544. The predicted octanol–water partition coefficient (Wildman–Crippen LogP) is 2.85. The first-order valence-corrected chi connectivity index (χ1v) is 8.69. The van der Waals surface area contributed by atoms with Gasteiger partial charge >= 0.3 is 5.97 Å². The summed E-state index contributed by atoms with van der Waals surface area (Å²) in [7, 11) is 0. The van der Waals surface area contributed by atoms with Gasteiger partial charge in [-0.3, -0.25) is 14.4 Å². The van der Waals surface area contributed by atoms with Gasteiger partial charge in [0.05, 0.1) is 5.92 Å². The molecule has 5 heteroatoms. The number of likely N-dealkylation sites (tertiary alicyclic amines) is 1. The molecule has 1 aliphatic carbocycles. The molecule has 2 atom stereocenters. The number of nitrogens with zero attached hydrogens (tertiary/aromatic N) is 1.